The fourth-order valence-corrected chi connectivity index (χ4v) is 6.76. The van der Waals surface area contributed by atoms with Crippen LogP contribution in [0.15, 0.2) is 70.8 Å². The molecule has 0 saturated heterocycles. The molecular formula is C40H54ClF3N3O5S2+. The molecule has 0 aliphatic carbocycles. The number of aromatic nitrogens is 2. The summed E-state index contributed by atoms with van der Waals surface area (Å²) in [7, 11) is 5.84. The molecule has 1 aromatic heterocycles. The highest BCUT2D eigenvalue weighted by Crippen LogP contribution is 2.39. The Kier molecular flexibility index (Phi) is 16.7. The number of hydrogen-bond donors (Lipinski definition) is 0. The van der Waals surface area contributed by atoms with E-state index in [2.05, 4.69) is 37.8 Å². The van der Waals surface area contributed by atoms with Crippen LogP contribution in [-0.2, 0) is 30.5 Å². The fraction of sp³-hybridized carbons (Fsp3) is 0.450. The van der Waals surface area contributed by atoms with Crippen molar-refractivity contribution in [3.63, 3.8) is 0 Å². The lowest BCUT2D eigenvalue weighted by Gasteiger charge is -2.28. The van der Waals surface area contributed by atoms with Gasteiger partial charge in [0.2, 0.25) is 0 Å². The van der Waals surface area contributed by atoms with Crippen LogP contribution in [0.2, 0.25) is 5.02 Å². The second-order valence-electron chi connectivity index (χ2n) is 15.2. The molecule has 14 heteroatoms. The van der Waals surface area contributed by atoms with Crippen LogP contribution in [0.4, 0.5) is 13.2 Å². The molecule has 54 heavy (non-hydrogen) atoms. The van der Waals surface area contributed by atoms with E-state index in [-0.39, 0.29) is 22.7 Å². The number of quaternary nitrogens is 1. The number of carbonyl (C=O) groups excluding carboxylic acids is 1. The van der Waals surface area contributed by atoms with Gasteiger partial charge in [0.1, 0.15) is 23.2 Å². The van der Waals surface area contributed by atoms with Crippen LogP contribution in [-0.4, -0.2) is 76.6 Å². The van der Waals surface area contributed by atoms with Gasteiger partial charge in [-0.1, -0.05) is 56.6 Å². The zero-order valence-electron chi connectivity index (χ0n) is 33.3. The first kappa shape index (κ1) is 46.6. The number of esters is 1. The van der Waals surface area contributed by atoms with Crippen molar-refractivity contribution in [2.75, 3.05) is 48.2 Å². The second-order valence-corrected chi connectivity index (χ2v) is 18.6. The van der Waals surface area contributed by atoms with Gasteiger partial charge in [-0.15, -0.1) is 0 Å². The van der Waals surface area contributed by atoms with E-state index in [0.29, 0.717) is 21.6 Å². The summed E-state index contributed by atoms with van der Waals surface area (Å²) in [5.74, 6) is -2.17. The smallest absolute Gasteiger partial charge is 0.310 e. The molecule has 0 unspecified atom stereocenters. The number of unbranched alkanes of at least 4 members (excludes halogenated alkanes) is 1. The topological polar surface area (TPSA) is 87.5 Å². The first-order valence-corrected chi connectivity index (χ1v) is 20.5. The Balaban J connectivity index is 0.000000526. The van der Waals surface area contributed by atoms with E-state index in [1.54, 1.807) is 29.0 Å². The highest BCUT2D eigenvalue weighted by Gasteiger charge is 2.31. The summed E-state index contributed by atoms with van der Waals surface area (Å²) in [6, 6.07) is 12.9. The van der Waals surface area contributed by atoms with Crippen molar-refractivity contribution < 1.29 is 40.3 Å². The van der Waals surface area contributed by atoms with Gasteiger partial charge in [0, 0.05) is 28.7 Å². The molecule has 0 atom stereocenters. The largest absolute Gasteiger partial charge is 0.495 e. The number of imidazole rings is 1. The number of carbonyl (C=O) groups is 1. The number of sulfone groups is 1. The summed E-state index contributed by atoms with van der Waals surface area (Å²) in [5, 5.41) is 0.868. The van der Waals surface area contributed by atoms with E-state index in [9.17, 15) is 26.4 Å². The van der Waals surface area contributed by atoms with Crippen molar-refractivity contribution in [1.82, 2.24) is 9.55 Å². The normalized spacial score (nSPS) is 11.9. The second kappa shape index (κ2) is 19.4. The Morgan fingerprint density at radius 1 is 0.944 bits per heavy atom. The molecule has 0 amide bonds. The SMILES string of the molecule is CCCC[N+](C)(C)C.COC(=O)C(C)(C)C.COc1cc(C(C)(C)c2cnc(SCc3c(F)cc(S(C)(=O)=O)cc3F)n2-c2ccc(F)cc2)ccc1Cl. The van der Waals surface area contributed by atoms with Crippen LogP contribution in [0.25, 0.3) is 5.69 Å². The van der Waals surface area contributed by atoms with Crippen LogP contribution in [0.3, 0.4) is 0 Å². The minimum atomic E-state index is -3.78. The number of methoxy groups -OCH3 is 2. The minimum absolute atomic E-state index is 0.158. The summed E-state index contributed by atoms with van der Waals surface area (Å²) in [6.45, 7) is 12.9. The quantitative estimate of drug-likeness (QED) is 0.0847. The maximum absolute atomic E-state index is 14.7. The predicted molar refractivity (Wildman–Crippen MR) is 212 cm³/mol. The highest BCUT2D eigenvalue weighted by atomic mass is 35.5. The summed E-state index contributed by atoms with van der Waals surface area (Å²) < 4.78 is 79.4. The number of rotatable bonds is 11. The number of halogens is 4. The molecule has 0 bridgehead atoms. The van der Waals surface area contributed by atoms with Gasteiger partial charge in [-0.25, -0.2) is 26.6 Å². The maximum Gasteiger partial charge on any atom is 0.310 e. The first-order chi connectivity index (χ1) is 24.9. The molecule has 0 spiro atoms. The Bertz CT molecular complexity index is 1950. The summed E-state index contributed by atoms with van der Waals surface area (Å²) >= 11 is 7.29. The molecule has 0 fully saturated rings. The van der Waals surface area contributed by atoms with Crippen LogP contribution in [0, 0.1) is 22.9 Å². The predicted octanol–water partition coefficient (Wildman–Crippen LogP) is 9.67. The van der Waals surface area contributed by atoms with Crippen LogP contribution in [0.5, 0.6) is 5.75 Å². The summed E-state index contributed by atoms with van der Waals surface area (Å²) in [6.07, 6.45) is 5.21. The van der Waals surface area contributed by atoms with Crippen LogP contribution >= 0.6 is 23.4 Å². The van der Waals surface area contributed by atoms with Crippen molar-refractivity contribution in [3.05, 3.63) is 100 Å². The Morgan fingerprint density at radius 3 is 1.94 bits per heavy atom. The standard InChI is InChI=1S/C27H24ClF3N2O3S2.C7H18N.C6H12O2/c1-27(2,16-5-10-21(28)24(11-16)36-3)25-14-32-26(33(25)18-8-6-17(29)7-9-18)37-15-20-22(30)12-19(13-23(20)31)38(4,34)35;1-5-6-7-8(2,3)4;1-6(2,3)5(7)8-4/h5-14H,15H2,1-4H3;5-7H2,1-4H3;1-4H3/q;+1;. The number of benzene rings is 3. The number of thioether (sulfide) groups is 1. The molecule has 0 aliphatic heterocycles. The molecule has 3 aromatic carbocycles. The molecule has 0 radical (unpaired) electrons. The lowest BCUT2D eigenvalue weighted by molar-refractivity contribution is -0.870. The number of hydrogen-bond acceptors (Lipinski definition) is 7. The van der Waals surface area contributed by atoms with Gasteiger partial charge < -0.3 is 14.0 Å². The van der Waals surface area contributed by atoms with Gasteiger partial charge in [0.05, 0.1) is 69.1 Å². The molecular weight excluding hydrogens is 759 g/mol. The number of nitrogens with zero attached hydrogens (tertiary/aromatic N) is 3. The average Bonchev–Trinajstić information content (AvgIpc) is 3.51. The van der Waals surface area contributed by atoms with Crippen molar-refractivity contribution >= 4 is 39.2 Å². The van der Waals surface area contributed by atoms with Gasteiger partial charge in [-0.2, -0.15) is 0 Å². The Hall–Kier alpha value is -3.52. The van der Waals surface area contributed by atoms with E-state index in [1.807, 2.05) is 46.8 Å². The first-order valence-electron chi connectivity index (χ1n) is 17.2. The molecule has 298 valence electrons. The van der Waals surface area contributed by atoms with Crippen molar-refractivity contribution in [3.8, 4) is 11.4 Å². The lowest BCUT2D eigenvalue weighted by Crippen LogP contribution is -2.35. The maximum atomic E-state index is 14.7. The molecule has 4 aromatic rings. The van der Waals surface area contributed by atoms with Crippen molar-refractivity contribution in [1.29, 1.82) is 0 Å². The van der Waals surface area contributed by atoms with Gasteiger partial charge in [-0.3, -0.25) is 9.36 Å². The molecule has 4 rings (SSSR count). The molecule has 0 aliphatic rings. The zero-order chi connectivity index (χ0) is 41.2. The van der Waals surface area contributed by atoms with Gasteiger partial charge in [-0.05, 0) is 81.3 Å². The third-order valence-electron chi connectivity index (χ3n) is 8.20. The average molecular weight is 813 g/mol. The number of ether oxygens (including phenoxy) is 2. The lowest BCUT2D eigenvalue weighted by atomic mass is 9.81. The molecule has 0 N–H and O–H groups in total. The minimum Gasteiger partial charge on any atom is -0.495 e. The van der Waals surface area contributed by atoms with E-state index in [1.165, 1.54) is 45.7 Å². The van der Waals surface area contributed by atoms with Gasteiger partial charge in [0.25, 0.3) is 0 Å². The van der Waals surface area contributed by atoms with E-state index in [0.717, 1.165) is 45.9 Å². The molecule has 0 saturated carbocycles. The monoisotopic (exact) mass is 812 g/mol. The summed E-state index contributed by atoms with van der Waals surface area (Å²) in [4.78, 5) is 14.7. The molecule has 8 nitrogen and oxygen atoms in total. The van der Waals surface area contributed by atoms with Crippen molar-refractivity contribution in [2.45, 2.75) is 75.6 Å². The van der Waals surface area contributed by atoms with Crippen LogP contribution < -0.4 is 4.74 Å². The van der Waals surface area contributed by atoms with E-state index in [4.69, 9.17) is 16.3 Å². The van der Waals surface area contributed by atoms with E-state index < -0.39 is 37.6 Å². The van der Waals surface area contributed by atoms with Crippen molar-refractivity contribution in [2.24, 2.45) is 5.41 Å². The third kappa shape index (κ3) is 13.3. The van der Waals surface area contributed by atoms with E-state index >= 15 is 0 Å². The Morgan fingerprint density at radius 2 is 1.52 bits per heavy atom. The molecule has 1 heterocycles. The van der Waals surface area contributed by atoms with Gasteiger partial charge >= 0.3 is 5.97 Å². The van der Waals surface area contributed by atoms with Gasteiger partial charge in [0.15, 0.2) is 15.0 Å². The third-order valence-corrected chi connectivity index (χ3v) is 10.6. The fourth-order valence-electron chi connectivity index (χ4n) is 4.92. The highest BCUT2D eigenvalue weighted by molar-refractivity contribution is 7.98. The Labute approximate surface area is 328 Å². The summed E-state index contributed by atoms with van der Waals surface area (Å²) in [5.41, 5.74) is 0.917. The van der Waals surface area contributed by atoms with Crippen LogP contribution in [0.1, 0.15) is 71.2 Å². The zero-order valence-corrected chi connectivity index (χ0v) is 35.7.